The quantitative estimate of drug-likeness (QED) is 0.293. The molecule has 1 aromatic heterocycles. The lowest BCUT2D eigenvalue weighted by atomic mass is 9.99. The molecule has 0 saturated carbocycles. The van der Waals surface area contributed by atoms with Gasteiger partial charge in [0, 0.05) is 5.38 Å². The summed E-state index contributed by atoms with van der Waals surface area (Å²) in [6.45, 7) is 6.76. The van der Waals surface area contributed by atoms with E-state index in [2.05, 4.69) is 33.6 Å². The van der Waals surface area contributed by atoms with Gasteiger partial charge in [-0.2, -0.15) is 12.6 Å². The monoisotopic (exact) mass is 482 g/mol. The number of thiazole rings is 1. The first-order valence-corrected chi connectivity index (χ1v) is 11.9. The molecule has 9 nitrogen and oxygen atoms in total. The maximum atomic E-state index is 12.9. The molecule has 3 N–H and O–H groups in total. The number of aromatic nitrogens is 1. The van der Waals surface area contributed by atoms with Crippen LogP contribution in [0.4, 0.5) is 0 Å². The second-order valence-corrected chi connectivity index (χ2v) is 9.69. The molecular weight excluding hydrogens is 452 g/mol. The second-order valence-electron chi connectivity index (χ2n) is 8.30. The van der Waals surface area contributed by atoms with Gasteiger partial charge in [0.2, 0.25) is 11.8 Å². The fourth-order valence-electron chi connectivity index (χ4n) is 2.84. The molecule has 0 saturated heterocycles. The van der Waals surface area contributed by atoms with Crippen LogP contribution < -0.4 is 16.0 Å². The summed E-state index contributed by atoms with van der Waals surface area (Å²) in [5, 5.41) is 10.2. The summed E-state index contributed by atoms with van der Waals surface area (Å²) in [5.41, 5.74) is -1.15. The summed E-state index contributed by atoms with van der Waals surface area (Å²) in [6, 6.07) is -0.957. The highest BCUT2D eigenvalue weighted by atomic mass is 32.1. The molecule has 1 aliphatic rings. The smallest absolute Gasteiger partial charge is 0.329 e. The minimum atomic E-state index is -1.30. The van der Waals surface area contributed by atoms with Crippen molar-refractivity contribution < 1.29 is 23.9 Å². The van der Waals surface area contributed by atoms with Gasteiger partial charge < -0.3 is 20.7 Å². The zero-order valence-corrected chi connectivity index (χ0v) is 20.3. The number of carbonyl (C=O) groups excluding carboxylic acids is 4. The third kappa shape index (κ3) is 7.33. The molecule has 0 fully saturated rings. The van der Waals surface area contributed by atoms with Crippen molar-refractivity contribution in [2.75, 3.05) is 5.75 Å². The lowest BCUT2D eigenvalue weighted by molar-refractivity contribution is -0.153. The number of ether oxygens (including phenoxy) is 1. The minimum absolute atomic E-state index is 0.0855. The molecule has 0 spiro atoms. The third-order valence-electron chi connectivity index (χ3n) is 4.72. The van der Waals surface area contributed by atoms with E-state index >= 15 is 0 Å². The van der Waals surface area contributed by atoms with Gasteiger partial charge >= 0.3 is 5.97 Å². The van der Waals surface area contributed by atoms with Crippen molar-refractivity contribution in [3.05, 3.63) is 28.2 Å². The number of carbonyl (C=O) groups is 4. The molecule has 3 amide bonds. The van der Waals surface area contributed by atoms with E-state index in [4.69, 9.17) is 4.74 Å². The van der Waals surface area contributed by atoms with E-state index in [1.54, 1.807) is 45.2 Å². The zero-order valence-electron chi connectivity index (χ0n) is 18.6. The fourth-order valence-corrected chi connectivity index (χ4v) is 3.71. The van der Waals surface area contributed by atoms with Gasteiger partial charge in [0.15, 0.2) is 0 Å². The number of cyclic esters (lactones) is 1. The highest BCUT2D eigenvalue weighted by Gasteiger charge is 2.36. The number of hydrogen-bond acceptors (Lipinski definition) is 8. The van der Waals surface area contributed by atoms with Crippen LogP contribution in [-0.4, -0.2) is 52.1 Å². The van der Waals surface area contributed by atoms with Crippen LogP contribution in [-0.2, 0) is 25.7 Å². The Balaban J connectivity index is 2.36. The topological polar surface area (TPSA) is 126 Å². The number of nitrogens with zero attached hydrogens (tertiary/aromatic N) is 1. The van der Waals surface area contributed by atoms with Crippen molar-refractivity contribution in [2.24, 2.45) is 5.92 Å². The molecule has 2 atom stereocenters. The predicted molar refractivity (Wildman–Crippen MR) is 124 cm³/mol. The summed E-state index contributed by atoms with van der Waals surface area (Å²) >= 11 is 5.38. The molecule has 2 bridgehead atoms. The van der Waals surface area contributed by atoms with E-state index in [1.165, 1.54) is 11.3 Å². The van der Waals surface area contributed by atoms with Crippen molar-refractivity contribution >= 4 is 47.7 Å². The van der Waals surface area contributed by atoms with Crippen LogP contribution in [0.2, 0.25) is 0 Å². The Morgan fingerprint density at radius 3 is 2.69 bits per heavy atom. The number of rotatable bonds is 4. The number of allylic oxidation sites excluding steroid dienone is 1. The standard InChI is InChI=1S/C21H30N4O5S2/c1-12(2)17-19(28)30-13(7-5-6-8-31)9-15(26)22-10-16-23-14(11-32-16)18(27)25-21(3,4)20(29)24-17/h5,7,11-13,17,31H,6,8-10H2,1-4H3,(H,22,26)(H,24,29)(H,25,27)/b7-5+/t13-,17-/m1/s1. The molecule has 0 unspecified atom stereocenters. The molecule has 0 radical (unpaired) electrons. The number of nitrogens with one attached hydrogen (secondary N) is 3. The van der Waals surface area contributed by atoms with Gasteiger partial charge in [0.05, 0.1) is 13.0 Å². The highest BCUT2D eigenvalue weighted by molar-refractivity contribution is 7.80. The van der Waals surface area contributed by atoms with E-state index in [-0.39, 0.29) is 30.5 Å². The molecule has 32 heavy (non-hydrogen) atoms. The first kappa shape index (κ1) is 25.9. The normalized spacial score (nSPS) is 22.9. The van der Waals surface area contributed by atoms with Gasteiger partial charge in [0.1, 0.15) is 28.4 Å². The molecule has 2 rings (SSSR count). The fraction of sp³-hybridized carbons (Fsp3) is 0.571. The Bertz CT molecular complexity index is 881. The molecule has 176 valence electrons. The maximum Gasteiger partial charge on any atom is 0.329 e. The lowest BCUT2D eigenvalue weighted by Gasteiger charge is -2.29. The summed E-state index contributed by atoms with van der Waals surface area (Å²) in [4.78, 5) is 55.0. The van der Waals surface area contributed by atoms with Gasteiger partial charge in [-0.25, -0.2) is 9.78 Å². The number of esters is 1. The Morgan fingerprint density at radius 1 is 1.31 bits per heavy atom. The first-order valence-electron chi connectivity index (χ1n) is 10.4. The Hall–Kier alpha value is -2.40. The number of amides is 3. The summed E-state index contributed by atoms with van der Waals surface area (Å²) in [7, 11) is 0. The van der Waals surface area contributed by atoms with Crippen LogP contribution in [0.1, 0.15) is 56.0 Å². The third-order valence-corrected chi connectivity index (χ3v) is 5.83. The Labute approximate surface area is 197 Å². The van der Waals surface area contributed by atoms with Gasteiger partial charge in [-0.1, -0.05) is 19.9 Å². The second kappa shape index (κ2) is 11.5. The van der Waals surface area contributed by atoms with E-state index in [0.717, 1.165) is 0 Å². The van der Waals surface area contributed by atoms with Crippen LogP contribution in [0, 0.1) is 5.92 Å². The van der Waals surface area contributed by atoms with E-state index in [1.807, 2.05) is 0 Å². The largest absolute Gasteiger partial charge is 0.456 e. The molecule has 0 aromatic carbocycles. The van der Waals surface area contributed by atoms with Crippen molar-refractivity contribution in [3.8, 4) is 0 Å². The van der Waals surface area contributed by atoms with Crippen LogP contribution in [0.3, 0.4) is 0 Å². The Kier molecular flexibility index (Phi) is 9.26. The van der Waals surface area contributed by atoms with Crippen molar-refractivity contribution in [1.29, 1.82) is 0 Å². The van der Waals surface area contributed by atoms with Gasteiger partial charge in [-0.3, -0.25) is 14.4 Å². The number of thiol groups is 1. The number of fused-ring (bicyclic) bond motifs is 2. The van der Waals surface area contributed by atoms with E-state index < -0.39 is 35.5 Å². The summed E-state index contributed by atoms with van der Waals surface area (Å²) < 4.78 is 5.58. The van der Waals surface area contributed by atoms with Crippen molar-refractivity contribution in [1.82, 2.24) is 20.9 Å². The zero-order chi connectivity index (χ0) is 23.9. The van der Waals surface area contributed by atoms with Crippen molar-refractivity contribution in [3.63, 3.8) is 0 Å². The Morgan fingerprint density at radius 2 is 2.03 bits per heavy atom. The molecule has 0 aliphatic carbocycles. The summed E-state index contributed by atoms with van der Waals surface area (Å²) in [5.74, 6) is -1.72. The van der Waals surface area contributed by atoms with Crippen LogP contribution >= 0.6 is 24.0 Å². The molecule has 1 aromatic rings. The van der Waals surface area contributed by atoms with E-state index in [9.17, 15) is 19.2 Å². The van der Waals surface area contributed by atoms with Crippen LogP contribution in [0.5, 0.6) is 0 Å². The van der Waals surface area contributed by atoms with Crippen LogP contribution in [0.15, 0.2) is 17.5 Å². The average Bonchev–Trinajstić information content (AvgIpc) is 3.18. The maximum absolute atomic E-state index is 12.9. The molecule has 1 aliphatic heterocycles. The summed E-state index contributed by atoms with van der Waals surface area (Å²) in [6.07, 6.45) is 3.22. The van der Waals surface area contributed by atoms with Crippen molar-refractivity contribution in [2.45, 2.75) is 64.8 Å². The lowest BCUT2D eigenvalue weighted by Crippen LogP contribution is -2.59. The van der Waals surface area contributed by atoms with Gasteiger partial charge in [-0.15, -0.1) is 11.3 Å². The number of hydrogen-bond donors (Lipinski definition) is 4. The average molecular weight is 483 g/mol. The molecule has 2 heterocycles. The highest BCUT2D eigenvalue weighted by Crippen LogP contribution is 2.15. The van der Waals surface area contributed by atoms with E-state index in [0.29, 0.717) is 17.2 Å². The van der Waals surface area contributed by atoms with Gasteiger partial charge in [-0.05, 0) is 38.0 Å². The first-order chi connectivity index (χ1) is 15.0. The predicted octanol–water partition coefficient (Wildman–Crippen LogP) is 1.60. The minimum Gasteiger partial charge on any atom is -0.456 e. The van der Waals surface area contributed by atoms with Crippen LogP contribution in [0.25, 0.3) is 0 Å². The SMILES string of the molecule is CC(C)[C@H]1NC(=O)C(C)(C)NC(=O)c2csc(n2)CNC(=O)C[C@@H](/C=C/CCS)OC1=O. The van der Waals surface area contributed by atoms with Gasteiger partial charge in [0.25, 0.3) is 5.91 Å². The molecular formula is C21H30N4O5S2. The molecule has 11 heteroatoms.